The van der Waals surface area contributed by atoms with Crippen LogP contribution in [0.15, 0.2) is 54.4 Å². The van der Waals surface area contributed by atoms with Gasteiger partial charge in [-0.05, 0) is 18.8 Å². The largest absolute Gasteiger partial charge is 0.461 e. The van der Waals surface area contributed by atoms with Crippen molar-refractivity contribution in [2.75, 3.05) is 20.2 Å². The van der Waals surface area contributed by atoms with Crippen molar-refractivity contribution in [1.82, 2.24) is 10.2 Å². The summed E-state index contributed by atoms with van der Waals surface area (Å²) in [6, 6.07) is 10.2. The molecule has 0 radical (unpaired) electrons. The molecule has 21 heavy (non-hydrogen) atoms. The van der Waals surface area contributed by atoms with Gasteiger partial charge >= 0.3 is 5.97 Å². The van der Waals surface area contributed by atoms with Crippen molar-refractivity contribution in [3.05, 3.63) is 59.9 Å². The molecular formula is C16H21ClN2O2. The number of nitrogens with one attached hydrogen (secondary N) is 1. The fourth-order valence-electron chi connectivity index (χ4n) is 1.96. The van der Waals surface area contributed by atoms with Crippen molar-refractivity contribution in [3.8, 4) is 0 Å². The number of hydrogen-bond donors (Lipinski definition) is 1. The van der Waals surface area contributed by atoms with Gasteiger partial charge in [0, 0.05) is 25.7 Å². The van der Waals surface area contributed by atoms with Gasteiger partial charge in [-0.25, -0.2) is 4.79 Å². The van der Waals surface area contributed by atoms with E-state index in [0.29, 0.717) is 18.6 Å². The first-order valence-electron chi connectivity index (χ1n) is 6.75. The summed E-state index contributed by atoms with van der Waals surface area (Å²) in [6.07, 6.45) is 6.03. The maximum absolute atomic E-state index is 11.8. The predicted molar refractivity (Wildman–Crippen MR) is 86.0 cm³/mol. The van der Waals surface area contributed by atoms with Crippen LogP contribution in [0.1, 0.15) is 12.0 Å². The van der Waals surface area contributed by atoms with E-state index in [2.05, 4.69) is 22.3 Å². The molecule has 4 nitrogen and oxygen atoms in total. The number of hydrogen-bond acceptors (Lipinski definition) is 4. The highest BCUT2D eigenvalue weighted by Crippen LogP contribution is 2.07. The van der Waals surface area contributed by atoms with Crippen LogP contribution in [0.2, 0.25) is 0 Å². The molecule has 1 N–H and O–H groups in total. The summed E-state index contributed by atoms with van der Waals surface area (Å²) in [4.78, 5) is 13.9. The third kappa shape index (κ3) is 6.02. The van der Waals surface area contributed by atoms with E-state index in [1.165, 1.54) is 5.56 Å². The molecule has 0 saturated carbocycles. The van der Waals surface area contributed by atoms with Crippen molar-refractivity contribution < 1.29 is 9.53 Å². The van der Waals surface area contributed by atoms with E-state index < -0.39 is 0 Å². The summed E-state index contributed by atoms with van der Waals surface area (Å²) in [6.45, 7) is 1.98. The van der Waals surface area contributed by atoms with E-state index >= 15 is 0 Å². The van der Waals surface area contributed by atoms with Crippen LogP contribution in [0, 0.1) is 0 Å². The molecule has 0 spiro atoms. The van der Waals surface area contributed by atoms with Gasteiger partial charge in [0.05, 0.1) is 5.57 Å². The summed E-state index contributed by atoms with van der Waals surface area (Å²) < 4.78 is 5.27. The number of carbonyl (C=O) groups excluding carboxylic acids is 1. The quantitative estimate of drug-likeness (QED) is 0.820. The standard InChI is InChI=1S/C16H20N2O2.ClH/c1-18(13-14-6-3-2-4-7-14)10-11-20-16(19)15-8-5-9-17-12-15;/h2-7,9,12,17H,8,10-11,13H2,1H3;1H. The monoisotopic (exact) mass is 308 g/mol. The summed E-state index contributed by atoms with van der Waals surface area (Å²) in [5, 5.41) is 2.89. The van der Waals surface area contributed by atoms with E-state index in [1.807, 2.05) is 37.5 Å². The number of benzene rings is 1. The lowest BCUT2D eigenvalue weighted by Crippen LogP contribution is -2.24. The Bertz CT molecular complexity index is 500. The van der Waals surface area contributed by atoms with Crippen LogP contribution in [0.5, 0.6) is 0 Å². The Morgan fingerprint density at radius 1 is 1.33 bits per heavy atom. The van der Waals surface area contributed by atoms with Gasteiger partial charge in [0.15, 0.2) is 0 Å². The van der Waals surface area contributed by atoms with Crippen molar-refractivity contribution in [2.45, 2.75) is 13.0 Å². The van der Waals surface area contributed by atoms with Crippen LogP contribution in [0.4, 0.5) is 0 Å². The Hall–Kier alpha value is -1.78. The molecule has 1 aliphatic rings. The number of halogens is 1. The zero-order chi connectivity index (χ0) is 14.2. The third-order valence-corrected chi connectivity index (χ3v) is 3.07. The Morgan fingerprint density at radius 2 is 2.10 bits per heavy atom. The Balaban J connectivity index is 0.00000220. The normalized spacial score (nSPS) is 13.1. The van der Waals surface area contributed by atoms with E-state index in [1.54, 1.807) is 6.20 Å². The van der Waals surface area contributed by atoms with E-state index in [9.17, 15) is 4.79 Å². The Morgan fingerprint density at radius 3 is 2.76 bits per heavy atom. The fourth-order valence-corrected chi connectivity index (χ4v) is 1.96. The first-order valence-corrected chi connectivity index (χ1v) is 6.75. The molecule has 1 heterocycles. The molecule has 0 fully saturated rings. The lowest BCUT2D eigenvalue weighted by molar-refractivity contribution is -0.139. The molecule has 1 aliphatic heterocycles. The highest BCUT2D eigenvalue weighted by molar-refractivity contribution is 5.88. The van der Waals surface area contributed by atoms with E-state index in [-0.39, 0.29) is 18.4 Å². The van der Waals surface area contributed by atoms with E-state index in [0.717, 1.165) is 13.1 Å². The van der Waals surface area contributed by atoms with Gasteiger partial charge in [-0.15, -0.1) is 12.4 Å². The highest BCUT2D eigenvalue weighted by Gasteiger charge is 2.11. The fraction of sp³-hybridized carbons (Fsp3) is 0.312. The minimum Gasteiger partial charge on any atom is -0.461 e. The minimum atomic E-state index is -0.241. The van der Waals surface area contributed by atoms with Gasteiger partial charge < -0.3 is 10.1 Å². The predicted octanol–water partition coefficient (Wildman–Crippen LogP) is 2.47. The molecule has 1 aromatic carbocycles. The number of rotatable bonds is 6. The summed E-state index contributed by atoms with van der Waals surface area (Å²) in [7, 11) is 2.02. The second-order valence-corrected chi connectivity index (χ2v) is 4.80. The lowest BCUT2D eigenvalue weighted by atomic mass is 10.2. The Kier molecular flexibility index (Phi) is 7.58. The molecule has 0 aliphatic carbocycles. The second-order valence-electron chi connectivity index (χ2n) is 4.80. The Labute approximate surface area is 131 Å². The van der Waals surface area contributed by atoms with Crippen LogP contribution in [0.25, 0.3) is 0 Å². The number of ether oxygens (including phenoxy) is 1. The van der Waals surface area contributed by atoms with Crippen molar-refractivity contribution >= 4 is 18.4 Å². The average Bonchev–Trinajstić information content (AvgIpc) is 2.49. The number of esters is 1. The topological polar surface area (TPSA) is 41.6 Å². The zero-order valence-corrected chi connectivity index (χ0v) is 12.9. The summed E-state index contributed by atoms with van der Waals surface area (Å²) in [5.74, 6) is -0.241. The van der Waals surface area contributed by atoms with Crippen LogP contribution in [-0.4, -0.2) is 31.1 Å². The van der Waals surface area contributed by atoms with Crippen molar-refractivity contribution in [2.24, 2.45) is 0 Å². The first kappa shape index (κ1) is 17.3. The van der Waals surface area contributed by atoms with Gasteiger partial charge in [0.1, 0.15) is 6.61 Å². The molecule has 0 amide bonds. The molecule has 0 atom stereocenters. The summed E-state index contributed by atoms with van der Waals surface area (Å²) in [5.41, 5.74) is 1.92. The molecule has 0 saturated heterocycles. The molecule has 0 bridgehead atoms. The third-order valence-electron chi connectivity index (χ3n) is 3.07. The van der Waals surface area contributed by atoms with E-state index in [4.69, 9.17) is 4.74 Å². The molecule has 114 valence electrons. The zero-order valence-electron chi connectivity index (χ0n) is 12.1. The maximum Gasteiger partial charge on any atom is 0.335 e. The number of carbonyl (C=O) groups is 1. The van der Waals surface area contributed by atoms with Crippen molar-refractivity contribution in [1.29, 1.82) is 0 Å². The molecule has 1 aromatic rings. The first-order chi connectivity index (χ1) is 9.75. The molecule has 2 rings (SSSR count). The molecule has 5 heteroatoms. The molecular weight excluding hydrogens is 288 g/mol. The lowest BCUT2D eigenvalue weighted by Gasteiger charge is -2.17. The van der Waals surface area contributed by atoms with Gasteiger partial charge in [0.25, 0.3) is 0 Å². The average molecular weight is 309 g/mol. The maximum atomic E-state index is 11.8. The van der Waals surface area contributed by atoms with Crippen LogP contribution < -0.4 is 5.32 Å². The number of dihydropyridines is 1. The van der Waals surface area contributed by atoms with Gasteiger partial charge in [0.2, 0.25) is 0 Å². The number of allylic oxidation sites excluding steroid dienone is 1. The summed E-state index contributed by atoms with van der Waals surface area (Å²) >= 11 is 0. The van der Waals surface area contributed by atoms with Crippen molar-refractivity contribution in [3.63, 3.8) is 0 Å². The number of likely N-dealkylation sites (N-methyl/N-ethyl adjacent to an activating group) is 1. The molecule has 0 aromatic heterocycles. The second kappa shape index (κ2) is 9.21. The smallest absolute Gasteiger partial charge is 0.335 e. The molecule has 0 unspecified atom stereocenters. The van der Waals surface area contributed by atoms with Crippen LogP contribution >= 0.6 is 12.4 Å². The number of nitrogens with zero attached hydrogens (tertiary/aromatic N) is 1. The minimum absolute atomic E-state index is 0. The van der Waals surface area contributed by atoms with Crippen LogP contribution in [0.3, 0.4) is 0 Å². The van der Waals surface area contributed by atoms with Gasteiger partial charge in [-0.1, -0.05) is 36.4 Å². The van der Waals surface area contributed by atoms with Gasteiger partial charge in [-0.3, -0.25) is 4.90 Å². The SMILES string of the molecule is CN(CCOC(=O)C1=CNC=CC1)Cc1ccccc1.Cl. The highest BCUT2D eigenvalue weighted by atomic mass is 35.5. The van der Waals surface area contributed by atoms with Crippen LogP contribution in [-0.2, 0) is 16.1 Å². The van der Waals surface area contributed by atoms with Gasteiger partial charge in [-0.2, -0.15) is 0 Å².